The molecule has 1 aromatic carbocycles. The van der Waals surface area contributed by atoms with Crippen LogP contribution in [0.4, 0.5) is 5.82 Å². The molecule has 3 heterocycles. The Labute approximate surface area is 158 Å². The summed E-state index contributed by atoms with van der Waals surface area (Å²) < 4.78 is 0. The summed E-state index contributed by atoms with van der Waals surface area (Å²) in [5, 5.41) is 9.90. The number of hydrogen-bond donors (Lipinski definition) is 1. The Morgan fingerprint density at radius 2 is 1.85 bits per heavy atom. The van der Waals surface area contributed by atoms with Crippen LogP contribution in [0.3, 0.4) is 0 Å². The molecule has 5 rings (SSSR count). The Kier molecular flexibility index (Phi) is 4.03. The Morgan fingerprint density at radius 3 is 2.59 bits per heavy atom. The maximum Gasteiger partial charge on any atom is 0.227 e. The van der Waals surface area contributed by atoms with Gasteiger partial charge in [0.05, 0.1) is 12.1 Å². The molecular weight excluding hydrogens is 338 g/mol. The van der Waals surface area contributed by atoms with E-state index in [4.69, 9.17) is 0 Å². The second-order valence-electron chi connectivity index (χ2n) is 7.49. The highest BCUT2D eigenvalue weighted by atomic mass is 16.2. The van der Waals surface area contributed by atoms with Crippen molar-refractivity contribution in [3.8, 4) is 0 Å². The van der Waals surface area contributed by atoms with E-state index in [9.17, 15) is 4.79 Å². The summed E-state index contributed by atoms with van der Waals surface area (Å²) in [7, 11) is 0. The summed E-state index contributed by atoms with van der Waals surface area (Å²) in [5.74, 6) is 1.74. The minimum atomic E-state index is 0.189. The number of aromatic amines is 1. The molecule has 2 aliphatic rings. The highest BCUT2D eigenvalue weighted by Crippen LogP contribution is 2.38. The van der Waals surface area contributed by atoms with Crippen molar-refractivity contribution >= 4 is 22.6 Å². The van der Waals surface area contributed by atoms with Gasteiger partial charge in [-0.15, -0.1) is 5.10 Å². The molecule has 0 bridgehead atoms. The first-order valence-corrected chi connectivity index (χ1v) is 9.69. The number of benzene rings is 1. The van der Waals surface area contributed by atoms with E-state index in [2.05, 4.69) is 38.3 Å². The fraction of sp³-hybridized carbons (Fsp3) is 0.381. The third-order valence-corrected chi connectivity index (χ3v) is 5.64. The highest BCUT2D eigenvalue weighted by molar-refractivity contribution is 5.89. The normalized spacial score (nSPS) is 17.5. The van der Waals surface area contributed by atoms with Gasteiger partial charge >= 0.3 is 0 Å². The quantitative estimate of drug-likeness (QED) is 0.776. The fourth-order valence-corrected chi connectivity index (χ4v) is 3.84. The summed E-state index contributed by atoms with van der Waals surface area (Å²) >= 11 is 0. The van der Waals surface area contributed by atoms with Crippen molar-refractivity contribution in [1.29, 1.82) is 0 Å². The van der Waals surface area contributed by atoms with Crippen LogP contribution in [0.5, 0.6) is 0 Å². The minimum Gasteiger partial charge on any atom is -0.361 e. The van der Waals surface area contributed by atoms with Crippen LogP contribution in [0.25, 0.3) is 10.9 Å². The van der Waals surface area contributed by atoms with Crippen molar-refractivity contribution in [2.75, 3.05) is 31.1 Å². The summed E-state index contributed by atoms with van der Waals surface area (Å²) in [6.07, 6.45) is 4.88. The van der Waals surface area contributed by atoms with Crippen LogP contribution in [0.15, 0.2) is 42.6 Å². The van der Waals surface area contributed by atoms with Crippen LogP contribution in [-0.4, -0.2) is 52.2 Å². The molecule has 138 valence electrons. The monoisotopic (exact) mass is 361 g/mol. The summed E-state index contributed by atoms with van der Waals surface area (Å²) in [5.41, 5.74) is 3.27. The maximum atomic E-state index is 12.7. The van der Waals surface area contributed by atoms with Gasteiger partial charge in [0.25, 0.3) is 0 Å². The number of carbonyl (C=O) groups is 1. The fourth-order valence-electron chi connectivity index (χ4n) is 3.84. The van der Waals surface area contributed by atoms with Gasteiger partial charge in [-0.3, -0.25) is 4.79 Å². The average Bonchev–Trinajstić information content (AvgIpc) is 3.50. The third-order valence-electron chi connectivity index (χ3n) is 5.64. The van der Waals surface area contributed by atoms with Gasteiger partial charge in [0.2, 0.25) is 5.91 Å². The number of hydrogen-bond acceptors (Lipinski definition) is 4. The molecule has 1 aliphatic carbocycles. The smallest absolute Gasteiger partial charge is 0.227 e. The topological polar surface area (TPSA) is 65.1 Å². The average molecular weight is 361 g/mol. The number of carbonyl (C=O) groups excluding carboxylic acids is 1. The molecule has 1 aliphatic heterocycles. The van der Waals surface area contributed by atoms with Gasteiger partial charge in [-0.05, 0) is 36.6 Å². The number of aromatic nitrogens is 3. The van der Waals surface area contributed by atoms with E-state index in [0.29, 0.717) is 12.3 Å². The van der Waals surface area contributed by atoms with Gasteiger partial charge in [-0.1, -0.05) is 18.2 Å². The lowest BCUT2D eigenvalue weighted by Crippen LogP contribution is -2.49. The largest absolute Gasteiger partial charge is 0.361 e. The SMILES string of the molecule is O=C(Cc1c[nH]c2ccccc12)N1CCN(c2ccc(C3CC3)nn2)CC1. The predicted octanol–water partition coefficient (Wildman–Crippen LogP) is 2.73. The van der Waals surface area contributed by atoms with Crippen molar-refractivity contribution in [3.63, 3.8) is 0 Å². The number of piperazine rings is 1. The molecule has 2 fully saturated rings. The molecule has 3 aromatic rings. The summed E-state index contributed by atoms with van der Waals surface area (Å²) in [4.78, 5) is 20.2. The second kappa shape index (κ2) is 6.68. The number of amides is 1. The Hall–Kier alpha value is -2.89. The first-order chi connectivity index (χ1) is 13.3. The van der Waals surface area contributed by atoms with Crippen LogP contribution < -0.4 is 4.90 Å². The van der Waals surface area contributed by atoms with E-state index in [1.54, 1.807) is 0 Å². The van der Waals surface area contributed by atoms with Crippen molar-refractivity contribution in [2.45, 2.75) is 25.2 Å². The number of nitrogens with one attached hydrogen (secondary N) is 1. The molecule has 1 N–H and O–H groups in total. The van der Waals surface area contributed by atoms with Gasteiger partial charge in [0.15, 0.2) is 5.82 Å². The molecule has 0 atom stereocenters. The molecule has 0 radical (unpaired) electrons. The van der Waals surface area contributed by atoms with E-state index in [-0.39, 0.29) is 5.91 Å². The number of fused-ring (bicyclic) bond motifs is 1. The lowest BCUT2D eigenvalue weighted by atomic mass is 10.1. The van der Waals surface area contributed by atoms with Crippen molar-refractivity contribution in [3.05, 3.63) is 53.9 Å². The molecule has 0 spiro atoms. The van der Waals surface area contributed by atoms with Crippen molar-refractivity contribution in [2.24, 2.45) is 0 Å². The first-order valence-electron chi connectivity index (χ1n) is 9.69. The molecule has 1 saturated heterocycles. The number of H-pyrrole nitrogens is 1. The van der Waals surface area contributed by atoms with Crippen molar-refractivity contribution < 1.29 is 4.79 Å². The van der Waals surface area contributed by atoms with Gasteiger partial charge < -0.3 is 14.8 Å². The zero-order valence-corrected chi connectivity index (χ0v) is 15.3. The Bertz CT molecular complexity index is 952. The van der Waals surface area contributed by atoms with E-state index in [0.717, 1.165) is 54.2 Å². The van der Waals surface area contributed by atoms with Crippen LogP contribution in [-0.2, 0) is 11.2 Å². The third kappa shape index (κ3) is 3.27. The van der Waals surface area contributed by atoms with Gasteiger partial charge in [-0.25, -0.2) is 0 Å². The number of nitrogens with zero attached hydrogens (tertiary/aromatic N) is 4. The first kappa shape index (κ1) is 16.3. The van der Waals surface area contributed by atoms with Gasteiger partial charge in [0, 0.05) is 49.2 Å². The molecule has 0 unspecified atom stereocenters. The van der Waals surface area contributed by atoms with Crippen LogP contribution in [0.1, 0.15) is 30.0 Å². The van der Waals surface area contributed by atoms with E-state index in [1.807, 2.05) is 29.3 Å². The number of anilines is 1. The van der Waals surface area contributed by atoms with E-state index < -0.39 is 0 Å². The summed E-state index contributed by atoms with van der Waals surface area (Å²) in [6, 6.07) is 12.3. The standard InChI is InChI=1S/C21H23N5O/c27-21(13-16-14-22-19-4-2-1-3-17(16)19)26-11-9-25(10-12-26)20-8-7-18(23-24-20)15-5-6-15/h1-4,7-8,14-15,22H,5-6,9-13H2. The maximum absolute atomic E-state index is 12.7. The molecule has 6 heteroatoms. The number of rotatable bonds is 4. The summed E-state index contributed by atoms with van der Waals surface area (Å²) in [6.45, 7) is 3.06. The van der Waals surface area contributed by atoms with Crippen LogP contribution >= 0.6 is 0 Å². The Balaban J connectivity index is 1.20. The molecule has 1 amide bonds. The van der Waals surface area contributed by atoms with Gasteiger partial charge in [-0.2, -0.15) is 5.10 Å². The van der Waals surface area contributed by atoms with Crippen molar-refractivity contribution in [1.82, 2.24) is 20.1 Å². The second-order valence-corrected chi connectivity index (χ2v) is 7.49. The van der Waals surface area contributed by atoms with E-state index >= 15 is 0 Å². The van der Waals surface area contributed by atoms with Gasteiger partial charge in [0.1, 0.15) is 0 Å². The van der Waals surface area contributed by atoms with E-state index in [1.165, 1.54) is 12.8 Å². The lowest BCUT2D eigenvalue weighted by Gasteiger charge is -2.35. The molecule has 1 saturated carbocycles. The zero-order chi connectivity index (χ0) is 18.2. The zero-order valence-electron chi connectivity index (χ0n) is 15.3. The predicted molar refractivity (Wildman–Crippen MR) is 105 cm³/mol. The minimum absolute atomic E-state index is 0.189. The number of para-hydroxylation sites is 1. The lowest BCUT2D eigenvalue weighted by molar-refractivity contribution is -0.130. The highest BCUT2D eigenvalue weighted by Gasteiger charge is 2.26. The molecule has 6 nitrogen and oxygen atoms in total. The van der Waals surface area contributed by atoms with Crippen LogP contribution in [0, 0.1) is 0 Å². The molecule has 2 aromatic heterocycles. The molecular formula is C21H23N5O. The molecule has 27 heavy (non-hydrogen) atoms. The Morgan fingerprint density at radius 1 is 1.04 bits per heavy atom. The van der Waals surface area contributed by atoms with Crippen LogP contribution in [0.2, 0.25) is 0 Å².